The maximum atomic E-state index is 9.52. The van der Waals surface area contributed by atoms with Gasteiger partial charge in [0.05, 0.1) is 0 Å². The Balaban J connectivity index is 4.28. The minimum absolute atomic E-state index is 0.360. The van der Waals surface area contributed by atoms with Gasteiger partial charge in [0.25, 0.3) is 0 Å². The fourth-order valence-electron chi connectivity index (χ4n) is 0.288. The number of hydrogen-bond donors (Lipinski definition) is 2. The second kappa shape index (κ2) is 3.52. The Bertz CT molecular complexity index is 98.3. The van der Waals surface area contributed by atoms with Crippen LogP contribution in [-0.4, -0.2) is 32.1 Å². The Kier molecular flexibility index (Phi) is 3.83. The highest BCUT2D eigenvalue weighted by Gasteiger charge is 2.39. The molecule has 0 aromatic rings. The van der Waals surface area contributed by atoms with Gasteiger partial charge in [-0.25, -0.2) is 0 Å². The third kappa shape index (κ3) is 2.19. The van der Waals surface area contributed by atoms with Crippen LogP contribution in [0.25, 0.3) is 0 Å². The van der Waals surface area contributed by atoms with E-state index in [2.05, 4.69) is 31.9 Å². The number of aliphatic hydroxyl groups is 2. The van der Waals surface area contributed by atoms with Crippen LogP contribution >= 0.6 is 31.9 Å². The summed E-state index contributed by atoms with van der Waals surface area (Å²) in [4.78, 5) is 0. The van der Waals surface area contributed by atoms with Crippen LogP contribution < -0.4 is 0 Å². The Hall–Kier alpha value is 0.880. The van der Waals surface area contributed by atoms with E-state index in [4.69, 9.17) is 0 Å². The lowest BCUT2D eigenvalue weighted by Gasteiger charge is -2.35. The lowest BCUT2D eigenvalue weighted by atomic mass is 9.90. The Morgan fingerprint density at radius 2 is 1.20 bits per heavy atom. The van der Waals surface area contributed by atoms with E-state index >= 15 is 0 Å². The molecule has 0 heterocycles. The first-order chi connectivity index (χ1) is 4.37. The predicted molar refractivity (Wildman–Crippen MR) is 48.8 cm³/mol. The van der Waals surface area contributed by atoms with Gasteiger partial charge in [-0.3, -0.25) is 0 Å². The van der Waals surface area contributed by atoms with Gasteiger partial charge in [-0.2, -0.15) is 0 Å². The number of rotatable bonds is 3. The molecule has 0 fully saturated rings. The minimum atomic E-state index is -1.09. The molecule has 0 aliphatic rings. The fraction of sp³-hybridized carbons (Fsp3) is 1.00. The quantitative estimate of drug-likeness (QED) is 0.762. The molecular weight excluding hydrogens is 264 g/mol. The second-order valence-corrected chi connectivity index (χ2v) is 3.94. The van der Waals surface area contributed by atoms with Crippen molar-refractivity contribution >= 4 is 31.9 Å². The van der Waals surface area contributed by atoms with E-state index < -0.39 is 11.2 Å². The first kappa shape index (κ1) is 10.9. The number of halogens is 2. The third-order valence-electron chi connectivity index (χ3n) is 1.68. The molecule has 0 saturated carbocycles. The van der Waals surface area contributed by atoms with Gasteiger partial charge in [0.2, 0.25) is 0 Å². The van der Waals surface area contributed by atoms with Crippen molar-refractivity contribution in [3.63, 3.8) is 0 Å². The maximum absolute atomic E-state index is 9.52. The highest BCUT2D eigenvalue weighted by molar-refractivity contribution is 9.09. The van der Waals surface area contributed by atoms with Crippen LogP contribution in [0.2, 0.25) is 0 Å². The monoisotopic (exact) mass is 274 g/mol. The first-order valence-corrected chi connectivity index (χ1v) is 5.18. The van der Waals surface area contributed by atoms with Crippen molar-refractivity contribution in [1.82, 2.24) is 0 Å². The van der Waals surface area contributed by atoms with Crippen molar-refractivity contribution in [3.8, 4) is 0 Å². The zero-order valence-corrected chi connectivity index (χ0v) is 9.24. The van der Waals surface area contributed by atoms with E-state index in [9.17, 15) is 10.2 Å². The molecule has 0 aliphatic heterocycles. The molecule has 2 nitrogen and oxygen atoms in total. The highest BCUT2D eigenvalue weighted by Crippen LogP contribution is 2.25. The zero-order valence-electron chi connectivity index (χ0n) is 6.06. The zero-order chi connectivity index (χ0) is 8.41. The summed E-state index contributed by atoms with van der Waals surface area (Å²) < 4.78 is 0. The van der Waals surface area contributed by atoms with E-state index in [-0.39, 0.29) is 0 Å². The van der Waals surface area contributed by atoms with Crippen molar-refractivity contribution in [1.29, 1.82) is 0 Å². The van der Waals surface area contributed by atoms with E-state index in [0.717, 1.165) is 0 Å². The summed E-state index contributed by atoms with van der Waals surface area (Å²) >= 11 is 6.23. The summed E-state index contributed by atoms with van der Waals surface area (Å²) in [6, 6.07) is 0. The second-order valence-electron chi connectivity index (χ2n) is 2.81. The SMILES string of the molecule is C[C@](O)(CBr)[C@](C)(O)CBr. The van der Waals surface area contributed by atoms with Crippen LogP contribution in [0.3, 0.4) is 0 Å². The molecule has 62 valence electrons. The van der Waals surface area contributed by atoms with E-state index in [1.54, 1.807) is 13.8 Å². The van der Waals surface area contributed by atoms with Crippen LogP contribution in [0.4, 0.5) is 0 Å². The van der Waals surface area contributed by atoms with E-state index in [1.807, 2.05) is 0 Å². The summed E-state index contributed by atoms with van der Waals surface area (Å²) in [6.45, 7) is 3.17. The Morgan fingerprint density at radius 1 is 1.00 bits per heavy atom. The smallest absolute Gasteiger partial charge is 0.101 e. The Morgan fingerprint density at radius 3 is 1.30 bits per heavy atom. The average Bonchev–Trinajstić information content (AvgIpc) is 1.88. The van der Waals surface area contributed by atoms with Crippen LogP contribution in [0, 0.1) is 0 Å². The van der Waals surface area contributed by atoms with Gasteiger partial charge in [-0.15, -0.1) is 0 Å². The van der Waals surface area contributed by atoms with Crippen LogP contribution in [-0.2, 0) is 0 Å². The van der Waals surface area contributed by atoms with Gasteiger partial charge in [0.15, 0.2) is 0 Å². The molecule has 10 heavy (non-hydrogen) atoms. The lowest BCUT2D eigenvalue weighted by molar-refractivity contribution is -0.0992. The van der Waals surface area contributed by atoms with Crippen molar-refractivity contribution in [2.24, 2.45) is 0 Å². The van der Waals surface area contributed by atoms with E-state index in [0.29, 0.717) is 10.7 Å². The maximum Gasteiger partial charge on any atom is 0.101 e. The van der Waals surface area contributed by atoms with Crippen LogP contribution in [0.5, 0.6) is 0 Å². The molecule has 0 unspecified atom stereocenters. The normalized spacial score (nSPS) is 23.4. The Labute approximate surface area is 77.9 Å². The topological polar surface area (TPSA) is 40.5 Å². The molecule has 0 amide bonds. The van der Waals surface area contributed by atoms with Gasteiger partial charge in [0.1, 0.15) is 11.2 Å². The average molecular weight is 276 g/mol. The molecule has 0 radical (unpaired) electrons. The predicted octanol–water partition coefficient (Wildman–Crippen LogP) is 1.28. The molecular formula is C6H12Br2O2. The molecule has 0 rings (SSSR count). The van der Waals surface area contributed by atoms with Crippen molar-refractivity contribution in [2.45, 2.75) is 25.0 Å². The van der Waals surface area contributed by atoms with Gasteiger partial charge >= 0.3 is 0 Å². The number of hydrogen-bond acceptors (Lipinski definition) is 2. The molecule has 0 bridgehead atoms. The summed E-state index contributed by atoms with van der Waals surface area (Å²) in [5.74, 6) is 0. The lowest BCUT2D eigenvalue weighted by Crippen LogP contribution is -2.52. The standard InChI is InChI=1S/C6H12Br2O2/c1-5(9,3-7)6(2,10)4-8/h9-10H,3-4H2,1-2H3/t5-,6+. The molecule has 2 atom stereocenters. The molecule has 4 heteroatoms. The summed E-state index contributed by atoms with van der Waals surface area (Å²) in [6.07, 6.45) is 0. The molecule has 0 spiro atoms. The third-order valence-corrected chi connectivity index (χ3v) is 3.86. The molecule has 2 N–H and O–H groups in total. The van der Waals surface area contributed by atoms with Crippen LogP contribution in [0.1, 0.15) is 13.8 Å². The largest absolute Gasteiger partial charge is 0.386 e. The van der Waals surface area contributed by atoms with Gasteiger partial charge in [0, 0.05) is 10.7 Å². The first-order valence-electron chi connectivity index (χ1n) is 2.94. The van der Waals surface area contributed by atoms with Gasteiger partial charge < -0.3 is 10.2 Å². The minimum Gasteiger partial charge on any atom is -0.386 e. The van der Waals surface area contributed by atoms with Crippen LogP contribution in [0.15, 0.2) is 0 Å². The van der Waals surface area contributed by atoms with Crippen molar-refractivity contribution < 1.29 is 10.2 Å². The van der Waals surface area contributed by atoms with E-state index in [1.165, 1.54) is 0 Å². The molecule has 0 aromatic carbocycles. The fourth-order valence-corrected chi connectivity index (χ4v) is 1.50. The summed E-state index contributed by atoms with van der Waals surface area (Å²) in [5.41, 5.74) is -2.17. The van der Waals surface area contributed by atoms with Gasteiger partial charge in [-0.1, -0.05) is 31.9 Å². The van der Waals surface area contributed by atoms with Gasteiger partial charge in [-0.05, 0) is 13.8 Å². The summed E-state index contributed by atoms with van der Waals surface area (Å²) in [5, 5.41) is 19.8. The number of alkyl halides is 2. The molecule has 0 aromatic heterocycles. The molecule has 0 saturated heterocycles. The summed E-state index contributed by atoms with van der Waals surface area (Å²) in [7, 11) is 0. The molecule has 0 aliphatic carbocycles. The highest BCUT2D eigenvalue weighted by atomic mass is 79.9. The van der Waals surface area contributed by atoms with Crippen molar-refractivity contribution in [2.75, 3.05) is 10.7 Å². The van der Waals surface area contributed by atoms with Crippen molar-refractivity contribution in [3.05, 3.63) is 0 Å².